The maximum Gasteiger partial charge on any atom is 0.337 e. The summed E-state index contributed by atoms with van der Waals surface area (Å²) in [5.41, 5.74) is 8.86. The van der Waals surface area contributed by atoms with Gasteiger partial charge in [0.15, 0.2) is 0 Å². The van der Waals surface area contributed by atoms with Crippen LogP contribution in [0, 0.1) is 13.8 Å². The van der Waals surface area contributed by atoms with Crippen LogP contribution in [0.15, 0.2) is 59.7 Å². The van der Waals surface area contributed by atoms with E-state index in [1.54, 1.807) is 12.1 Å². The monoisotopic (exact) mass is 395 g/mol. The highest BCUT2D eigenvalue weighted by Crippen LogP contribution is 2.20. The predicted molar refractivity (Wildman–Crippen MR) is 112 cm³/mol. The van der Waals surface area contributed by atoms with Crippen molar-refractivity contribution in [2.45, 2.75) is 20.4 Å². The quantitative estimate of drug-likeness (QED) is 0.375. The van der Waals surface area contributed by atoms with Crippen LogP contribution in [-0.2, 0) is 11.3 Å². The van der Waals surface area contributed by atoms with E-state index in [2.05, 4.69) is 21.2 Å². The fourth-order valence-electron chi connectivity index (χ4n) is 3.03. The molecule has 1 N–H and O–H groups in total. The molecular formula is C22H22ClN3O2. The molecule has 5 nitrogen and oxygen atoms in total. The second kappa shape index (κ2) is 8.76. The SMILES string of the molecule is COC(=O)c1ccc(-n2c(C)cc(/C=N\NCc3ccc(Cl)cc3)c2C)cc1. The summed E-state index contributed by atoms with van der Waals surface area (Å²) in [4.78, 5) is 11.6. The lowest BCUT2D eigenvalue weighted by Gasteiger charge is -2.10. The fraction of sp³-hybridized carbons (Fsp3) is 0.182. The molecule has 0 saturated heterocycles. The van der Waals surface area contributed by atoms with Crippen LogP contribution in [0.1, 0.15) is 32.9 Å². The maximum absolute atomic E-state index is 11.6. The van der Waals surface area contributed by atoms with Crippen LogP contribution in [0.25, 0.3) is 5.69 Å². The minimum atomic E-state index is -0.341. The highest BCUT2D eigenvalue weighted by Gasteiger charge is 2.11. The van der Waals surface area contributed by atoms with Gasteiger partial charge in [-0.2, -0.15) is 5.10 Å². The number of aromatic nitrogens is 1. The molecule has 0 saturated carbocycles. The van der Waals surface area contributed by atoms with Gasteiger partial charge in [0.25, 0.3) is 0 Å². The third kappa shape index (κ3) is 4.43. The minimum absolute atomic E-state index is 0.341. The number of carbonyl (C=O) groups excluding carboxylic acids is 1. The Balaban J connectivity index is 1.72. The standard InChI is InChI=1S/C22H22ClN3O2/c1-15-12-19(14-25-24-13-17-4-8-20(23)9-5-17)16(2)26(15)21-10-6-18(7-11-21)22(27)28-3/h4-12,14,24H,13H2,1-3H3/b25-14-. The van der Waals surface area contributed by atoms with E-state index < -0.39 is 0 Å². The molecule has 28 heavy (non-hydrogen) atoms. The normalized spacial score (nSPS) is 11.0. The van der Waals surface area contributed by atoms with Crippen LogP contribution in [0.4, 0.5) is 0 Å². The number of hydrogen-bond donors (Lipinski definition) is 1. The summed E-state index contributed by atoms with van der Waals surface area (Å²) < 4.78 is 6.88. The number of hydrazone groups is 1. The molecule has 0 unspecified atom stereocenters. The van der Waals surface area contributed by atoms with E-state index in [0.717, 1.165) is 33.2 Å². The maximum atomic E-state index is 11.6. The highest BCUT2D eigenvalue weighted by molar-refractivity contribution is 6.30. The third-order valence-electron chi connectivity index (χ3n) is 4.51. The Hall–Kier alpha value is -3.05. The van der Waals surface area contributed by atoms with Crippen molar-refractivity contribution in [1.82, 2.24) is 9.99 Å². The minimum Gasteiger partial charge on any atom is -0.465 e. The van der Waals surface area contributed by atoms with E-state index >= 15 is 0 Å². The first-order valence-corrected chi connectivity index (χ1v) is 9.25. The van der Waals surface area contributed by atoms with E-state index in [4.69, 9.17) is 16.3 Å². The summed E-state index contributed by atoms with van der Waals surface area (Å²) in [6, 6.07) is 17.1. The lowest BCUT2D eigenvalue weighted by atomic mass is 10.2. The zero-order chi connectivity index (χ0) is 20.1. The molecule has 1 aromatic heterocycles. The Morgan fingerprint density at radius 3 is 2.46 bits per heavy atom. The molecule has 6 heteroatoms. The number of halogens is 1. The highest BCUT2D eigenvalue weighted by atomic mass is 35.5. The van der Waals surface area contributed by atoms with Crippen LogP contribution in [0.3, 0.4) is 0 Å². The van der Waals surface area contributed by atoms with Gasteiger partial charge in [-0.25, -0.2) is 4.79 Å². The molecule has 0 atom stereocenters. The van der Waals surface area contributed by atoms with Crippen molar-refractivity contribution < 1.29 is 9.53 Å². The van der Waals surface area contributed by atoms with Crippen molar-refractivity contribution >= 4 is 23.8 Å². The van der Waals surface area contributed by atoms with Gasteiger partial charge in [0.2, 0.25) is 0 Å². The summed E-state index contributed by atoms with van der Waals surface area (Å²) in [6.45, 7) is 4.71. The number of aryl methyl sites for hydroxylation is 1. The number of benzene rings is 2. The van der Waals surface area contributed by atoms with Gasteiger partial charge in [-0.3, -0.25) is 0 Å². The van der Waals surface area contributed by atoms with Gasteiger partial charge >= 0.3 is 5.97 Å². The van der Waals surface area contributed by atoms with Crippen molar-refractivity contribution in [1.29, 1.82) is 0 Å². The molecule has 0 spiro atoms. The number of esters is 1. The summed E-state index contributed by atoms with van der Waals surface area (Å²) in [5.74, 6) is -0.341. The second-order valence-electron chi connectivity index (χ2n) is 6.42. The molecule has 3 aromatic rings. The average molecular weight is 396 g/mol. The molecule has 0 amide bonds. The van der Waals surface area contributed by atoms with Crippen LogP contribution in [0.5, 0.6) is 0 Å². The molecule has 0 aliphatic heterocycles. The van der Waals surface area contributed by atoms with Gasteiger partial charge in [0.05, 0.1) is 25.4 Å². The first kappa shape index (κ1) is 19.7. The van der Waals surface area contributed by atoms with E-state index in [0.29, 0.717) is 12.1 Å². The molecule has 2 aromatic carbocycles. The van der Waals surface area contributed by atoms with E-state index in [1.165, 1.54) is 7.11 Å². The Morgan fingerprint density at radius 1 is 1.14 bits per heavy atom. The van der Waals surface area contributed by atoms with Crippen molar-refractivity contribution in [2.75, 3.05) is 7.11 Å². The summed E-state index contributed by atoms with van der Waals surface area (Å²) in [7, 11) is 1.38. The van der Waals surface area contributed by atoms with Gasteiger partial charge in [-0.15, -0.1) is 0 Å². The largest absolute Gasteiger partial charge is 0.465 e. The summed E-state index contributed by atoms with van der Waals surface area (Å²) in [6.07, 6.45) is 1.82. The van der Waals surface area contributed by atoms with E-state index in [-0.39, 0.29) is 5.97 Å². The fourth-order valence-corrected chi connectivity index (χ4v) is 3.16. The number of carbonyl (C=O) groups is 1. The van der Waals surface area contributed by atoms with Crippen LogP contribution in [-0.4, -0.2) is 23.9 Å². The Morgan fingerprint density at radius 2 is 1.82 bits per heavy atom. The second-order valence-corrected chi connectivity index (χ2v) is 6.86. The lowest BCUT2D eigenvalue weighted by Crippen LogP contribution is -2.06. The number of methoxy groups -OCH3 is 1. The molecule has 0 fully saturated rings. The lowest BCUT2D eigenvalue weighted by molar-refractivity contribution is 0.0601. The van der Waals surface area contributed by atoms with Crippen LogP contribution < -0.4 is 5.43 Å². The molecule has 0 radical (unpaired) electrons. The van der Waals surface area contributed by atoms with Crippen molar-refractivity contribution in [3.05, 3.63) is 87.7 Å². The Bertz CT molecular complexity index is 990. The average Bonchev–Trinajstić information content (AvgIpc) is 2.99. The summed E-state index contributed by atoms with van der Waals surface area (Å²) >= 11 is 5.89. The van der Waals surface area contributed by atoms with Gasteiger partial charge < -0.3 is 14.7 Å². The molecular weight excluding hydrogens is 374 g/mol. The molecule has 1 heterocycles. The van der Waals surface area contributed by atoms with Gasteiger partial charge in [-0.05, 0) is 61.9 Å². The molecule has 3 rings (SSSR count). The van der Waals surface area contributed by atoms with Crippen LogP contribution >= 0.6 is 11.6 Å². The number of nitrogens with zero attached hydrogens (tertiary/aromatic N) is 2. The zero-order valence-corrected chi connectivity index (χ0v) is 16.8. The number of nitrogens with one attached hydrogen (secondary N) is 1. The first-order valence-electron chi connectivity index (χ1n) is 8.87. The molecule has 0 aliphatic carbocycles. The third-order valence-corrected chi connectivity index (χ3v) is 4.76. The predicted octanol–water partition coefficient (Wildman–Crippen LogP) is 4.66. The smallest absolute Gasteiger partial charge is 0.337 e. The van der Waals surface area contributed by atoms with Crippen molar-refractivity contribution in [3.8, 4) is 5.69 Å². The summed E-state index contributed by atoms with van der Waals surface area (Å²) in [5, 5.41) is 5.06. The Labute approximate surface area is 169 Å². The number of hydrogen-bond acceptors (Lipinski definition) is 4. The van der Waals surface area contributed by atoms with Gasteiger partial charge in [0, 0.05) is 27.7 Å². The van der Waals surface area contributed by atoms with Crippen molar-refractivity contribution in [2.24, 2.45) is 5.10 Å². The first-order chi connectivity index (χ1) is 13.5. The molecule has 0 bridgehead atoms. The molecule has 144 valence electrons. The zero-order valence-electron chi connectivity index (χ0n) is 16.1. The van der Waals surface area contributed by atoms with Crippen LogP contribution in [0.2, 0.25) is 5.02 Å². The van der Waals surface area contributed by atoms with Crippen molar-refractivity contribution in [3.63, 3.8) is 0 Å². The number of rotatable bonds is 6. The van der Waals surface area contributed by atoms with E-state index in [1.807, 2.05) is 56.5 Å². The van der Waals surface area contributed by atoms with E-state index in [9.17, 15) is 4.79 Å². The molecule has 0 aliphatic rings. The topological polar surface area (TPSA) is 55.6 Å². The van der Waals surface area contributed by atoms with Gasteiger partial charge in [-0.1, -0.05) is 23.7 Å². The van der Waals surface area contributed by atoms with Gasteiger partial charge in [0.1, 0.15) is 0 Å². The number of ether oxygens (including phenoxy) is 1. The Kier molecular flexibility index (Phi) is 6.16.